The van der Waals surface area contributed by atoms with Crippen molar-refractivity contribution in [3.63, 3.8) is 0 Å². The molecule has 0 saturated carbocycles. The number of carbonyl (C=O) groups excluding carboxylic acids is 1. The number of nitro groups is 1. The lowest BCUT2D eigenvalue weighted by atomic mass is 10.2. The fraction of sp³-hybridized carbons (Fsp3) is 0.100. The van der Waals surface area contributed by atoms with E-state index in [4.69, 9.17) is 0 Å². The van der Waals surface area contributed by atoms with Crippen LogP contribution in [-0.4, -0.2) is 26.7 Å². The Morgan fingerprint density at radius 2 is 1.86 bits per heavy atom. The normalized spacial score (nSPS) is 10.9. The highest BCUT2D eigenvalue weighted by molar-refractivity contribution is 5.95. The van der Waals surface area contributed by atoms with Crippen LogP contribution >= 0.6 is 0 Å². The van der Waals surface area contributed by atoms with Gasteiger partial charge < -0.3 is 9.67 Å². The first-order chi connectivity index (χ1) is 13.4. The van der Waals surface area contributed by atoms with Crippen molar-refractivity contribution in [2.45, 2.75) is 13.8 Å². The van der Waals surface area contributed by atoms with Crippen molar-refractivity contribution in [3.05, 3.63) is 87.2 Å². The van der Waals surface area contributed by atoms with Crippen LogP contribution in [0.2, 0.25) is 0 Å². The molecule has 0 atom stereocenters. The number of carbonyl (C=O) groups is 1. The van der Waals surface area contributed by atoms with Crippen molar-refractivity contribution < 1.29 is 14.8 Å². The van der Waals surface area contributed by atoms with E-state index in [1.807, 2.05) is 36.6 Å². The largest absolute Gasteiger partial charge is 0.502 e. The minimum atomic E-state index is -0.692. The number of benzene rings is 2. The van der Waals surface area contributed by atoms with Gasteiger partial charge in [0.15, 0.2) is 5.75 Å². The Morgan fingerprint density at radius 1 is 1.14 bits per heavy atom. The molecule has 0 unspecified atom stereocenters. The van der Waals surface area contributed by atoms with E-state index in [0.29, 0.717) is 11.1 Å². The number of aryl methyl sites for hydroxylation is 2. The van der Waals surface area contributed by atoms with E-state index < -0.39 is 22.3 Å². The van der Waals surface area contributed by atoms with E-state index in [1.165, 1.54) is 24.4 Å². The molecule has 2 N–H and O–H groups in total. The molecule has 0 radical (unpaired) electrons. The maximum absolute atomic E-state index is 12.4. The molecule has 2 aromatic carbocycles. The molecule has 1 heterocycles. The first-order valence-electron chi connectivity index (χ1n) is 8.43. The standard InChI is InChI=1S/C20H18N4O4/c1-13-6-7-14(2)23(13)17-5-3-4-16(11-17)20(26)22-21-12-15-8-9-19(25)18(10-15)24(27)28/h3-12,25H,1-2H3,(H,22,26)/b21-12-. The van der Waals surface area contributed by atoms with Crippen molar-refractivity contribution in [2.75, 3.05) is 0 Å². The minimum Gasteiger partial charge on any atom is -0.502 e. The van der Waals surface area contributed by atoms with Crippen LogP contribution in [0.25, 0.3) is 5.69 Å². The molecule has 3 rings (SSSR count). The average Bonchev–Trinajstić information content (AvgIpc) is 3.01. The first kappa shape index (κ1) is 18.8. The maximum Gasteiger partial charge on any atom is 0.311 e. The number of aromatic hydroxyl groups is 1. The SMILES string of the molecule is Cc1ccc(C)n1-c1cccc(C(=O)N/N=C\c2ccc(O)c([N+](=O)[O-])c2)c1. The van der Waals surface area contributed by atoms with Gasteiger partial charge in [0.1, 0.15) is 0 Å². The van der Waals surface area contributed by atoms with Crippen LogP contribution in [0, 0.1) is 24.0 Å². The molecule has 0 bridgehead atoms. The van der Waals surface area contributed by atoms with Gasteiger partial charge in [0.25, 0.3) is 5.91 Å². The molecule has 1 aromatic heterocycles. The number of aromatic nitrogens is 1. The van der Waals surface area contributed by atoms with Gasteiger partial charge in [-0.3, -0.25) is 14.9 Å². The van der Waals surface area contributed by atoms with Crippen molar-refractivity contribution in [1.82, 2.24) is 9.99 Å². The van der Waals surface area contributed by atoms with Gasteiger partial charge in [-0.15, -0.1) is 0 Å². The van der Waals surface area contributed by atoms with Gasteiger partial charge in [0, 0.05) is 34.3 Å². The Kier molecular flexibility index (Phi) is 5.21. The molecule has 0 fully saturated rings. The maximum atomic E-state index is 12.4. The lowest BCUT2D eigenvalue weighted by Crippen LogP contribution is -2.18. The zero-order valence-electron chi connectivity index (χ0n) is 15.3. The summed E-state index contributed by atoms with van der Waals surface area (Å²) >= 11 is 0. The van der Waals surface area contributed by atoms with Gasteiger partial charge in [0.05, 0.1) is 11.1 Å². The van der Waals surface area contributed by atoms with Gasteiger partial charge >= 0.3 is 5.69 Å². The number of amides is 1. The number of nitro benzene ring substituents is 1. The summed E-state index contributed by atoms with van der Waals surface area (Å²) in [5.41, 5.74) is 5.75. The van der Waals surface area contributed by atoms with E-state index in [9.17, 15) is 20.0 Å². The Hall–Kier alpha value is -3.94. The lowest BCUT2D eigenvalue weighted by molar-refractivity contribution is -0.385. The Balaban J connectivity index is 1.76. The van der Waals surface area contributed by atoms with Crippen LogP contribution < -0.4 is 5.43 Å². The molecule has 0 aliphatic carbocycles. The van der Waals surface area contributed by atoms with Gasteiger partial charge in [-0.1, -0.05) is 6.07 Å². The van der Waals surface area contributed by atoms with Crippen molar-refractivity contribution in [1.29, 1.82) is 0 Å². The minimum absolute atomic E-state index is 0.372. The molecule has 8 heteroatoms. The summed E-state index contributed by atoms with van der Waals surface area (Å²) in [7, 11) is 0. The van der Waals surface area contributed by atoms with Gasteiger partial charge in [0.2, 0.25) is 0 Å². The third kappa shape index (κ3) is 3.90. The lowest BCUT2D eigenvalue weighted by Gasteiger charge is -2.10. The van der Waals surface area contributed by atoms with Crippen molar-refractivity contribution in [3.8, 4) is 11.4 Å². The van der Waals surface area contributed by atoms with Gasteiger partial charge in [-0.05, 0) is 56.3 Å². The number of hydrogen-bond acceptors (Lipinski definition) is 5. The van der Waals surface area contributed by atoms with Crippen LogP contribution in [0.3, 0.4) is 0 Å². The molecule has 0 saturated heterocycles. The molecule has 8 nitrogen and oxygen atoms in total. The summed E-state index contributed by atoms with van der Waals surface area (Å²) in [6, 6.07) is 15.0. The predicted molar refractivity (Wildman–Crippen MR) is 105 cm³/mol. The number of hydrazone groups is 1. The van der Waals surface area contributed by atoms with Crippen LogP contribution in [0.5, 0.6) is 5.75 Å². The molecule has 0 spiro atoms. The van der Waals surface area contributed by atoms with Crippen LogP contribution in [0.1, 0.15) is 27.3 Å². The Labute approximate surface area is 160 Å². The second-order valence-electron chi connectivity index (χ2n) is 6.21. The average molecular weight is 378 g/mol. The molecule has 142 valence electrons. The molecule has 3 aromatic rings. The van der Waals surface area contributed by atoms with Crippen LogP contribution in [-0.2, 0) is 0 Å². The Bertz CT molecular complexity index is 1070. The number of hydrogen-bond donors (Lipinski definition) is 2. The van der Waals surface area contributed by atoms with E-state index in [0.717, 1.165) is 17.1 Å². The number of nitrogens with one attached hydrogen (secondary N) is 1. The topological polar surface area (TPSA) is 110 Å². The summed E-state index contributed by atoms with van der Waals surface area (Å²) in [5.74, 6) is -0.840. The zero-order valence-corrected chi connectivity index (χ0v) is 15.3. The predicted octanol–water partition coefficient (Wildman–Crippen LogP) is 3.47. The third-order valence-corrected chi connectivity index (χ3v) is 4.21. The molecule has 0 aliphatic rings. The fourth-order valence-electron chi connectivity index (χ4n) is 2.86. The van der Waals surface area contributed by atoms with Crippen molar-refractivity contribution >= 4 is 17.8 Å². The molecule has 1 amide bonds. The highest BCUT2D eigenvalue weighted by Crippen LogP contribution is 2.25. The summed E-state index contributed by atoms with van der Waals surface area (Å²) in [6.45, 7) is 3.97. The van der Waals surface area contributed by atoms with E-state index >= 15 is 0 Å². The van der Waals surface area contributed by atoms with E-state index in [2.05, 4.69) is 10.5 Å². The first-order valence-corrected chi connectivity index (χ1v) is 8.43. The number of nitrogens with zero attached hydrogens (tertiary/aromatic N) is 3. The molecule has 28 heavy (non-hydrogen) atoms. The summed E-state index contributed by atoms with van der Waals surface area (Å²) in [4.78, 5) is 22.5. The fourth-order valence-corrected chi connectivity index (χ4v) is 2.86. The number of phenols is 1. The van der Waals surface area contributed by atoms with Crippen LogP contribution in [0.15, 0.2) is 59.7 Å². The summed E-state index contributed by atoms with van der Waals surface area (Å²) in [6.07, 6.45) is 1.27. The second kappa shape index (κ2) is 7.75. The molecular weight excluding hydrogens is 360 g/mol. The number of phenolic OH excluding ortho intramolecular Hbond substituents is 1. The van der Waals surface area contributed by atoms with E-state index in [1.54, 1.807) is 18.2 Å². The van der Waals surface area contributed by atoms with Crippen molar-refractivity contribution in [2.24, 2.45) is 5.10 Å². The second-order valence-corrected chi connectivity index (χ2v) is 6.21. The summed E-state index contributed by atoms with van der Waals surface area (Å²) < 4.78 is 2.04. The van der Waals surface area contributed by atoms with E-state index in [-0.39, 0.29) is 0 Å². The highest BCUT2D eigenvalue weighted by Gasteiger charge is 2.13. The Morgan fingerprint density at radius 3 is 2.54 bits per heavy atom. The molecular formula is C20H18N4O4. The molecule has 0 aliphatic heterocycles. The van der Waals surface area contributed by atoms with Gasteiger partial charge in [-0.2, -0.15) is 5.10 Å². The summed E-state index contributed by atoms with van der Waals surface area (Å²) in [5, 5.41) is 24.1. The highest BCUT2D eigenvalue weighted by atomic mass is 16.6. The zero-order chi connectivity index (χ0) is 20.3. The quantitative estimate of drug-likeness (QED) is 0.402. The van der Waals surface area contributed by atoms with Gasteiger partial charge in [-0.25, -0.2) is 5.43 Å². The van der Waals surface area contributed by atoms with Crippen LogP contribution in [0.4, 0.5) is 5.69 Å². The number of rotatable bonds is 5. The smallest absolute Gasteiger partial charge is 0.311 e. The monoisotopic (exact) mass is 378 g/mol. The third-order valence-electron chi connectivity index (χ3n) is 4.21.